The summed E-state index contributed by atoms with van der Waals surface area (Å²) in [5.41, 5.74) is 7.16. The summed E-state index contributed by atoms with van der Waals surface area (Å²) < 4.78 is 0. The van der Waals surface area contributed by atoms with Crippen molar-refractivity contribution in [2.45, 2.75) is 12.7 Å². The lowest BCUT2D eigenvalue weighted by molar-refractivity contribution is 0.0696. The van der Waals surface area contributed by atoms with E-state index in [4.69, 9.17) is 15.9 Å². The molecule has 0 aliphatic carbocycles. The van der Waals surface area contributed by atoms with Crippen LogP contribution < -0.4 is 5.73 Å². The molecule has 0 radical (unpaired) electrons. The van der Waals surface area contributed by atoms with Crippen molar-refractivity contribution in [2.75, 3.05) is 0 Å². The van der Waals surface area contributed by atoms with Crippen molar-refractivity contribution in [2.24, 2.45) is 5.73 Å². The van der Waals surface area contributed by atoms with E-state index in [-0.39, 0.29) is 12.1 Å². The number of nitrogens with zero attached hydrogens (tertiary/aromatic N) is 1. The van der Waals surface area contributed by atoms with Gasteiger partial charge in [0.1, 0.15) is 6.17 Å². The molecule has 84 valence electrons. The first-order valence-electron chi connectivity index (χ1n) is 4.62. The summed E-state index contributed by atoms with van der Waals surface area (Å²) in [6.45, 7) is 0.132. The lowest BCUT2D eigenvalue weighted by Crippen LogP contribution is -2.32. The number of fused-ring (bicyclic) bond motifs is 1. The molecular formula is C10H10N2O4. The summed E-state index contributed by atoms with van der Waals surface area (Å²) in [7, 11) is 0. The molecule has 1 amide bonds. The summed E-state index contributed by atoms with van der Waals surface area (Å²) in [4.78, 5) is 22.6. The highest BCUT2D eigenvalue weighted by molar-refractivity contribution is 5.88. The molecule has 1 heterocycles. The van der Waals surface area contributed by atoms with Crippen molar-refractivity contribution in [3.8, 4) is 0 Å². The fourth-order valence-electron chi connectivity index (χ4n) is 1.80. The van der Waals surface area contributed by atoms with Crippen LogP contribution in [0.3, 0.4) is 0 Å². The van der Waals surface area contributed by atoms with Gasteiger partial charge in [-0.25, -0.2) is 9.59 Å². The SMILES string of the molecule is NC1c2ccc(C(=O)O)cc2CN1C(=O)O. The average molecular weight is 222 g/mol. The van der Waals surface area contributed by atoms with Gasteiger partial charge < -0.3 is 15.9 Å². The highest BCUT2D eigenvalue weighted by Crippen LogP contribution is 2.30. The van der Waals surface area contributed by atoms with Crippen molar-refractivity contribution >= 4 is 12.1 Å². The van der Waals surface area contributed by atoms with E-state index in [1.165, 1.54) is 12.1 Å². The van der Waals surface area contributed by atoms with Crippen molar-refractivity contribution in [3.05, 3.63) is 34.9 Å². The van der Waals surface area contributed by atoms with E-state index in [2.05, 4.69) is 0 Å². The maximum atomic E-state index is 10.8. The smallest absolute Gasteiger partial charge is 0.409 e. The van der Waals surface area contributed by atoms with E-state index >= 15 is 0 Å². The minimum atomic E-state index is -1.11. The molecular weight excluding hydrogens is 212 g/mol. The average Bonchev–Trinajstić information content (AvgIpc) is 2.55. The second-order valence-electron chi connectivity index (χ2n) is 3.57. The van der Waals surface area contributed by atoms with E-state index in [9.17, 15) is 9.59 Å². The van der Waals surface area contributed by atoms with Crippen LogP contribution in [0.4, 0.5) is 4.79 Å². The van der Waals surface area contributed by atoms with Gasteiger partial charge in [0.25, 0.3) is 0 Å². The number of carbonyl (C=O) groups is 2. The number of carboxylic acids is 1. The number of hydrogen-bond acceptors (Lipinski definition) is 3. The van der Waals surface area contributed by atoms with Crippen molar-refractivity contribution < 1.29 is 19.8 Å². The Balaban J connectivity index is 2.40. The summed E-state index contributed by atoms with van der Waals surface area (Å²) in [6.07, 6.45) is -1.82. The Hall–Kier alpha value is -2.08. The molecule has 0 bridgehead atoms. The van der Waals surface area contributed by atoms with E-state index < -0.39 is 18.2 Å². The highest BCUT2D eigenvalue weighted by atomic mass is 16.4. The Morgan fingerprint density at radius 2 is 2.06 bits per heavy atom. The number of nitrogens with two attached hydrogens (primary N) is 1. The number of carboxylic acid groups (broad SMARTS) is 2. The third-order valence-electron chi connectivity index (χ3n) is 2.63. The molecule has 1 aliphatic heterocycles. The maximum absolute atomic E-state index is 10.8. The van der Waals surface area contributed by atoms with Gasteiger partial charge in [0, 0.05) is 0 Å². The van der Waals surface area contributed by atoms with Crippen LogP contribution in [-0.2, 0) is 6.54 Å². The van der Waals surface area contributed by atoms with Gasteiger partial charge in [0.2, 0.25) is 0 Å². The third-order valence-corrected chi connectivity index (χ3v) is 2.63. The molecule has 0 spiro atoms. The Kier molecular flexibility index (Phi) is 2.28. The number of rotatable bonds is 1. The van der Waals surface area contributed by atoms with E-state index in [1.54, 1.807) is 6.07 Å². The zero-order chi connectivity index (χ0) is 11.9. The fraction of sp³-hybridized carbons (Fsp3) is 0.200. The van der Waals surface area contributed by atoms with E-state index in [0.717, 1.165) is 4.90 Å². The standard InChI is InChI=1S/C10H10N2O4/c11-8-7-2-1-5(9(13)14)3-6(7)4-12(8)10(15)16/h1-3,8H,4,11H2,(H,13,14)(H,15,16). The lowest BCUT2D eigenvalue weighted by Gasteiger charge is -2.17. The van der Waals surface area contributed by atoms with Crippen LogP contribution in [0.1, 0.15) is 27.7 Å². The third kappa shape index (κ3) is 1.49. The first-order chi connectivity index (χ1) is 7.50. The van der Waals surface area contributed by atoms with Gasteiger partial charge in [-0.3, -0.25) is 4.90 Å². The molecule has 1 unspecified atom stereocenters. The van der Waals surface area contributed by atoms with Gasteiger partial charge in [-0.1, -0.05) is 6.07 Å². The molecule has 4 N–H and O–H groups in total. The van der Waals surface area contributed by atoms with Crippen LogP contribution in [0, 0.1) is 0 Å². The molecule has 1 aromatic rings. The van der Waals surface area contributed by atoms with Crippen LogP contribution in [0.25, 0.3) is 0 Å². The highest BCUT2D eigenvalue weighted by Gasteiger charge is 2.31. The fourth-order valence-corrected chi connectivity index (χ4v) is 1.80. The molecule has 1 atom stereocenters. The Bertz CT molecular complexity index is 472. The molecule has 0 saturated carbocycles. The molecule has 1 aromatic carbocycles. The Morgan fingerprint density at radius 1 is 1.38 bits per heavy atom. The number of aromatic carboxylic acids is 1. The Labute approximate surface area is 90.9 Å². The quantitative estimate of drug-likeness (QED) is 0.653. The lowest BCUT2D eigenvalue weighted by atomic mass is 10.1. The zero-order valence-corrected chi connectivity index (χ0v) is 8.25. The minimum absolute atomic E-state index is 0.132. The molecule has 6 heteroatoms. The number of benzene rings is 1. The monoisotopic (exact) mass is 222 g/mol. The number of hydrogen-bond donors (Lipinski definition) is 3. The molecule has 0 aromatic heterocycles. The molecule has 0 fully saturated rings. The van der Waals surface area contributed by atoms with Crippen LogP contribution in [-0.4, -0.2) is 27.2 Å². The van der Waals surface area contributed by atoms with Gasteiger partial charge in [-0.2, -0.15) is 0 Å². The maximum Gasteiger partial charge on any atom is 0.409 e. The summed E-state index contributed by atoms with van der Waals surface area (Å²) >= 11 is 0. The second kappa shape index (κ2) is 3.49. The summed E-state index contributed by atoms with van der Waals surface area (Å²) in [5, 5.41) is 17.7. The normalized spacial score (nSPS) is 18.3. The van der Waals surface area contributed by atoms with Crippen molar-refractivity contribution in [1.82, 2.24) is 4.90 Å². The largest absolute Gasteiger partial charge is 0.478 e. The van der Waals surface area contributed by atoms with Crippen molar-refractivity contribution in [1.29, 1.82) is 0 Å². The van der Waals surface area contributed by atoms with Gasteiger partial charge in [-0.15, -0.1) is 0 Å². The zero-order valence-electron chi connectivity index (χ0n) is 8.25. The van der Waals surface area contributed by atoms with Gasteiger partial charge in [0.15, 0.2) is 0 Å². The van der Waals surface area contributed by atoms with E-state index in [1.807, 2.05) is 0 Å². The van der Waals surface area contributed by atoms with Crippen LogP contribution in [0.15, 0.2) is 18.2 Å². The summed E-state index contributed by atoms with van der Waals surface area (Å²) in [5.74, 6) is -1.04. The van der Waals surface area contributed by atoms with Crippen LogP contribution in [0.5, 0.6) is 0 Å². The van der Waals surface area contributed by atoms with Gasteiger partial charge in [0.05, 0.1) is 12.1 Å². The molecule has 16 heavy (non-hydrogen) atoms. The topological polar surface area (TPSA) is 104 Å². The predicted octanol–water partition coefficient (Wildman–Crippen LogP) is 0.836. The molecule has 0 saturated heterocycles. The van der Waals surface area contributed by atoms with E-state index in [0.29, 0.717) is 11.1 Å². The Morgan fingerprint density at radius 3 is 2.62 bits per heavy atom. The molecule has 2 rings (SSSR count). The first-order valence-corrected chi connectivity index (χ1v) is 4.62. The van der Waals surface area contributed by atoms with Crippen LogP contribution in [0.2, 0.25) is 0 Å². The number of amides is 1. The van der Waals surface area contributed by atoms with Crippen molar-refractivity contribution in [3.63, 3.8) is 0 Å². The van der Waals surface area contributed by atoms with Gasteiger partial charge in [-0.05, 0) is 23.3 Å². The summed E-state index contributed by atoms with van der Waals surface area (Å²) in [6, 6.07) is 4.44. The predicted molar refractivity (Wildman–Crippen MR) is 53.9 cm³/mol. The minimum Gasteiger partial charge on any atom is -0.478 e. The second-order valence-corrected chi connectivity index (χ2v) is 3.57. The van der Waals surface area contributed by atoms with Crippen LogP contribution >= 0.6 is 0 Å². The molecule has 6 nitrogen and oxygen atoms in total. The molecule has 1 aliphatic rings. The first kappa shape index (κ1) is 10.4. The van der Waals surface area contributed by atoms with Gasteiger partial charge >= 0.3 is 12.1 Å².